The molecule has 2 unspecified atom stereocenters. The van der Waals surface area contributed by atoms with Crippen LogP contribution in [0.4, 0.5) is 25.4 Å². The maximum absolute atomic E-state index is 13.6. The molecule has 0 radical (unpaired) electrons. The molecule has 3 aromatic rings. The van der Waals surface area contributed by atoms with Crippen LogP contribution in [0.5, 0.6) is 0 Å². The fraction of sp³-hybridized carbons (Fsp3) is 0.250. The first-order valence-electron chi connectivity index (χ1n) is 12.2. The van der Waals surface area contributed by atoms with Gasteiger partial charge >= 0.3 is 12.1 Å². The number of piperazine rings is 1. The Bertz CT molecular complexity index is 1220. The minimum absolute atomic E-state index is 0.222. The van der Waals surface area contributed by atoms with Crippen LogP contribution in [0.2, 0.25) is 0 Å². The van der Waals surface area contributed by atoms with Gasteiger partial charge in [0.15, 0.2) is 0 Å². The average molecular weight is 504 g/mol. The van der Waals surface area contributed by atoms with Gasteiger partial charge in [0.1, 0.15) is 11.9 Å². The van der Waals surface area contributed by atoms with Gasteiger partial charge in [0.05, 0.1) is 0 Å². The summed E-state index contributed by atoms with van der Waals surface area (Å²) in [5.41, 5.74) is 1.88. The number of hydrogen-bond donors (Lipinski definition) is 3. The standard InChI is InChI=1S/C28H30FN5O3/c1-20-19-33(15-16-34(20)28(37)31-23-12-6-3-7-13-23)26(35)25(17-21-9-4-2-5-10-21)32-27(36)30-24-14-8-11-22(29)18-24/h2-14,18,20,25H,15-17,19H2,1H3,(H,31,37)(H2,30,32,36). The Morgan fingerprint density at radius 1 is 0.892 bits per heavy atom. The van der Waals surface area contributed by atoms with Crippen molar-refractivity contribution in [3.63, 3.8) is 0 Å². The number of carbonyl (C=O) groups excluding carboxylic acids is 3. The zero-order chi connectivity index (χ0) is 26.2. The van der Waals surface area contributed by atoms with Crippen LogP contribution in [-0.2, 0) is 11.2 Å². The normalized spacial score (nSPS) is 16.0. The van der Waals surface area contributed by atoms with E-state index in [1.807, 2.05) is 67.6 Å². The predicted molar refractivity (Wildman–Crippen MR) is 141 cm³/mol. The fourth-order valence-electron chi connectivity index (χ4n) is 4.34. The van der Waals surface area contributed by atoms with E-state index in [0.29, 0.717) is 31.7 Å². The number of halogens is 1. The summed E-state index contributed by atoms with van der Waals surface area (Å²) in [6, 6.07) is 22.3. The van der Waals surface area contributed by atoms with Gasteiger partial charge in [-0.1, -0.05) is 54.6 Å². The minimum Gasteiger partial charge on any atom is -0.337 e. The highest BCUT2D eigenvalue weighted by molar-refractivity contribution is 5.94. The van der Waals surface area contributed by atoms with Crippen LogP contribution in [0.15, 0.2) is 84.9 Å². The number of benzene rings is 3. The highest BCUT2D eigenvalue weighted by atomic mass is 19.1. The van der Waals surface area contributed by atoms with Gasteiger partial charge in [-0.05, 0) is 42.8 Å². The van der Waals surface area contributed by atoms with Crippen molar-refractivity contribution in [2.24, 2.45) is 0 Å². The van der Waals surface area contributed by atoms with Gasteiger partial charge in [-0.2, -0.15) is 0 Å². The Labute approximate surface area is 215 Å². The van der Waals surface area contributed by atoms with Crippen molar-refractivity contribution >= 4 is 29.3 Å². The SMILES string of the molecule is CC1CN(C(=O)C(Cc2ccccc2)NC(=O)Nc2cccc(F)c2)CCN1C(=O)Nc1ccccc1. The van der Waals surface area contributed by atoms with Crippen molar-refractivity contribution in [3.05, 3.63) is 96.3 Å². The Morgan fingerprint density at radius 2 is 1.57 bits per heavy atom. The van der Waals surface area contributed by atoms with Gasteiger partial charge in [-0.3, -0.25) is 4.79 Å². The van der Waals surface area contributed by atoms with Gasteiger partial charge in [0.2, 0.25) is 5.91 Å². The van der Waals surface area contributed by atoms with Gasteiger partial charge in [0, 0.05) is 43.5 Å². The molecule has 3 N–H and O–H groups in total. The Balaban J connectivity index is 1.41. The van der Waals surface area contributed by atoms with Crippen LogP contribution in [0.3, 0.4) is 0 Å². The Hall–Kier alpha value is -4.40. The molecule has 4 rings (SSSR count). The Morgan fingerprint density at radius 3 is 2.24 bits per heavy atom. The highest BCUT2D eigenvalue weighted by Gasteiger charge is 2.33. The van der Waals surface area contributed by atoms with E-state index in [4.69, 9.17) is 0 Å². The molecule has 1 aliphatic heterocycles. The first kappa shape index (κ1) is 25.7. The Kier molecular flexibility index (Phi) is 8.35. The summed E-state index contributed by atoms with van der Waals surface area (Å²) in [5, 5.41) is 8.23. The number of amides is 5. The number of nitrogens with one attached hydrogen (secondary N) is 3. The van der Waals surface area contributed by atoms with Crippen LogP contribution in [-0.4, -0.2) is 59.5 Å². The van der Waals surface area contributed by atoms with E-state index >= 15 is 0 Å². The van der Waals surface area contributed by atoms with E-state index in [-0.39, 0.29) is 23.7 Å². The summed E-state index contributed by atoms with van der Waals surface area (Å²) in [4.78, 5) is 42.4. The van der Waals surface area contributed by atoms with Crippen molar-refractivity contribution in [2.45, 2.75) is 25.4 Å². The number of hydrogen-bond acceptors (Lipinski definition) is 3. The first-order chi connectivity index (χ1) is 17.9. The molecule has 0 aromatic heterocycles. The van der Waals surface area contributed by atoms with Gasteiger partial charge in [-0.25, -0.2) is 14.0 Å². The minimum atomic E-state index is -0.840. The molecule has 37 heavy (non-hydrogen) atoms. The summed E-state index contributed by atoms with van der Waals surface area (Å²) in [6.07, 6.45) is 0.291. The van der Waals surface area contributed by atoms with Crippen molar-refractivity contribution in [3.8, 4) is 0 Å². The maximum Gasteiger partial charge on any atom is 0.322 e. The molecule has 192 valence electrons. The second-order valence-corrected chi connectivity index (χ2v) is 8.97. The van der Waals surface area contributed by atoms with Gasteiger partial charge in [-0.15, -0.1) is 0 Å². The molecule has 0 saturated carbocycles. The second-order valence-electron chi connectivity index (χ2n) is 8.97. The van der Waals surface area contributed by atoms with Crippen LogP contribution in [0.25, 0.3) is 0 Å². The number of nitrogens with zero attached hydrogens (tertiary/aromatic N) is 2. The monoisotopic (exact) mass is 503 g/mol. The van der Waals surface area contributed by atoms with E-state index in [1.54, 1.807) is 15.9 Å². The van der Waals surface area contributed by atoms with E-state index in [0.717, 1.165) is 5.56 Å². The van der Waals surface area contributed by atoms with E-state index in [9.17, 15) is 18.8 Å². The maximum atomic E-state index is 13.6. The van der Waals surface area contributed by atoms with Crippen LogP contribution in [0, 0.1) is 5.82 Å². The zero-order valence-corrected chi connectivity index (χ0v) is 20.6. The van der Waals surface area contributed by atoms with E-state index < -0.39 is 17.9 Å². The molecule has 1 saturated heterocycles. The second kappa shape index (κ2) is 12.0. The molecular formula is C28H30FN5O3. The molecule has 3 aromatic carbocycles. The first-order valence-corrected chi connectivity index (χ1v) is 12.2. The summed E-state index contributed by atoms with van der Waals surface area (Å²) >= 11 is 0. The average Bonchev–Trinajstić information content (AvgIpc) is 2.89. The lowest BCUT2D eigenvalue weighted by Gasteiger charge is -2.41. The van der Waals surface area contributed by atoms with Gasteiger partial charge in [0.25, 0.3) is 0 Å². The van der Waals surface area contributed by atoms with Crippen LogP contribution in [0.1, 0.15) is 12.5 Å². The van der Waals surface area contributed by atoms with E-state index in [2.05, 4.69) is 16.0 Å². The molecule has 8 nitrogen and oxygen atoms in total. The number of rotatable bonds is 6. The van der Waals surface area contributed by atoms with Crippen molar-refractivity contribution < 1.29 is 18.8 Å². The molecule has 1 heterocycles. The third kappa shape index (κ3) is 7.07. The molecule has 5 amide bonds. The molecule has 2 atom stereocenters. The van der Waals surface area contributed by atoms with Crippen LogP contribution >= 0.6 is 0 Å². The van der Waals surface area contributed by atoms with Crippen molar-refractivity contribution in [1.82, 2.24) is 15.1 Å². The molecule has 1 aliphatic rings. The topological polar surface area (TPSA) is 93.8 Å². The van der Waals surface area contributed by atoms with Crippen LogP contribution < -0.4 is 16.0 Å². The fourth-order valence-corrected chi connectivity index (χ4v) is 4.34. The van der Waals surface area contributed by atoms with E-state index in [1.165, 1.54) is 18.2 Å². The quantitative estimate of drug-likeness (QED) is 0.468. The number of para-hydroxylation sites is 1. The predicted octanol–water partition coefficient (Wildman–Crippen LogP) is 4.32. The molecular weight excluding hydrogens is 473 g/mol. The number of carbonyl (C=O) groups is 3. The molecule has 0 aliphatic carbocycles. The lowest BCUT2D eigenvalue weighted by Crippen LogP contribution is -2.60. The lowest BCUT2D eigenvalue weighted by atomic mass is 10.0. The van der Waals surface area contributed by atoms with Gasteiger partial charge < -0.3 is 25.8 Å². The third-order valence-electron chi connectivity index (χ3n) is 6.19. The van der Waals surface area contributed by atoms with Crippen molar-refractivity contribution in [1.29, 1.82) is 0 Å². The largest absolute Gasteiger partial charge is 0.337 e. The lowest BCUT2D eigenvalue weighted by molar-refractivity contribution is -0.135. The zero-order valence-electron chi connectivity index (χ0n) is 20.6. The summed E-state index contributed by atoms with van der Waals surface area (Å²) < 4.78 is 13.5. The van der Waals surface area contributed by atoms with Crippen molar-refractivity contribution in [2.75, 3.05) is 30.3 Å². The molecule has 0 bridgehead atoms. The summed E-state index contributed by atoms with van der Waals surface area (Å²) in [5.74, 6) is -0.717. The summed E-state index contributed by atoms with van der Waals surface area (Å²) in [6.45, 7) is 2.92. The number of anilines is 2. The highest BCUT2D eigenvalue weighted by Crippen LogP contribution is 2.16. The number of urea groups is 2. The molecule has 1 fully saturated rings. The molecule has 9 heteroatoms. The third-order valence-corrected chi connectivity index (χ3v) is 6.19. The smallest absolute Gasteiger partial charge is 0.322 e. The summed E-state index contributed by atoms with van der Waals surface area (Å²) in [7, 11) is 0. The molecule has 0 spiro atoms.